The maximum Gasteiger partial charge on any atom is 0.211 e. The molecule has 0 aliphatic heterocycles. The molecule has 0 radical (unpaired) electrons. The van der Waals surface area contributed by atoms with Gasteiger partial charge in [-0.05, 0) is 46.2 Å². The van der Waals surface area contributed by atoms with Crippen LogP contribution in [-0.2, 0) is 4.79 Å². The predicted molar refractivity (Wildman–Crippen MR) is 71.3 cm³/mol. The van der Waals surface area contributed by atoms with Gasteiger partial charge in [0.05, 0.1) is 11.2 Å². The van der Waals surface area contributed by atoms with Gasteiger partial charge in [-0.25, -0.2) is 0 Å². The van der Waals surface area contributed by atoms with Crippen molar-refractivity contribution in [1.29, 1.82) is 0 Å². The lowest BCUT2D eigenvalue weighted by Crippen LogP contribution is -1.95. The largest absolute Gasteiger partial charge is 0.359 e. The second kappa shape index (κ2) is 4.07. The van der Waals surface area contributed by atoms with Crippen LogP contribution in [0.4, 0.5) is 5.69 Å². The van der Waals surface area contributed by atoms with Crippen molar-refractivity contribution < 1.29 is 4.79 Å². The number of hydrogen-bond donors (Lipinski definition) is 2. The summed E-state index contributed by atoms with van der Waals surface area (Å²) in [7, 11) is 0. The summed E-state index contributed by atoms with van der Waals surface area (Å²) in [6.45, 7) is 0. The molecule has 0 aliphatic rings. The topological polar surface area (TPSA) is 44.9 Å². The van der Waals surface area contributed by atoms with Gasteiger partial charge in [0.2, 0.25) is 6.41 Å². The molecule has 0 atom stereocenters. The van der Waals surface area contributed by atoms with Crippen LogP contribution < -0.4 is 5.32 Å². The number of H-pyrrole nitrogens is 1. The molecule has 1 aromatic carbocycles. The van der Waals surface area contributed by atoms with Crippen molar-refractivity contribution in [3.05, 3.63) is 41.2 Å². The highest BCUT2D eigenvalue weighted by Gasteiger charge is 2.06. The van der Waals surface area contributed by atoms with Crippen LogP contribution >= 0.6 is 11.3 Å². The Hall–Kier alpha value is -2.07. The highest BCUT2D eigenvalue weighted by molar-refractivity contribution is 7.08. The number of aromatic amines is 1. The van der Waals surface area contributed by atoms with E-state index in [4.69, 9.17) is 0 Å². The first-order chi connectivity index (χ1) is 8.38. The van der Waals surface area contributed by atoms with Crippen LogP contribution in [0.1, 0.15) is 0 Å². The van der Waals surface area contributed by atoms with E-state index in [2.05, 4.69) is 27.8 Å². The van der Waals surface area contributed by atoms with E-state index in [1.807, 2.05) is 23.7 Å². The summed E-state index contributed by atoms with van der Waals surface area (Å²) in [5, 5.41) is 7.97. The third-order valence-corrected chi connectivity index (χ3v) is 3.41. The van der Waals surface area contributed by atoms with Crippen molar-refractivity contribution in [2.45, 2.75) is 0 Å². The quantitative estimate of drug-likeness (QED) is 0.679. The lowest BCUT2D eigenvalue weighted by atomic mass is 10.1. The van der Waals surface area contributed by atoms with Crippen LogP contribution in [0.3, 0.4) is 0 Å². The van der Waals surface area contributed by atoms with Gasteiger partial charge in [-0.1, -0.05) is 0 Å². The molecule has 84 valence electrons. The molecule has 17 heavy (non-hydrogen) atoms. The molecule has 3 aromatic rings. The molecule has 2 heterocycles. The van der Waals surface area contributed by atoms with Gasteiger partial charge in [-0.15, -0.1) is 0 Å². The highest BCUT2D eigenvalue weighted by Crippen LogP contribution is 2.31. The Morgan fingerprint density at radius 1 is 1.24 bits per heavy atom. The minimum atomic E-state index is 0.701. The van der Waals surface area contributed by atoms with Crippen LogP contribution in [0, 0.1) is 0 Å². The van der Waals surface area contributed by atoms with Crippen molar-refractivity contribution >= 4 is 34.3 Å². The number of aromatic nitrogens is 1. The fourth-order valence-electron chi connectivity index (χ4n) is 1.94. The second-order valence-electron chi connectivity index (χ2n) is 3.74. The highest BCUT2D eigenvalue weighted by atomic mass is 32.1. The number of thiophene rings is 1. The van der Waals surface area contributed by atoms with Gasteiger partial charge in [-0.2, -0.15) is 11.3 Å². The number of anilines is 1. The van der Waals surface area contributed by atoms with Gasteiger partial charge in [-0.3, -0.25) is 4.79 Å². The van der Waals surface area contributed by atoms with E-state index >= 15 is 0 Å². The van der Waals surface area contributed by atoms with E-state index in [0.717, 1.165) is 22.2 Å². The zero-order valence-electron chi connectivity index (χ0n) is 8.94. The van der Waals surface area contributed by atoms with Crippen LogP contribution in [0.2, 0.25) is 0 Å². The molecule has 0 saturated carbocycles. The number of fused-ring (bicyclic) bond motifs is 1. The molecule has 3 rings (SSSR count). The summed E-state index contributed by atoms with van der Waals surface area (Å²) in [5.74, 6) is 0. The molecular formula is C13H10N2OS. The first-order valence-corrected chi connectivity index (χ1v) is 6.16. The summed E-state index contributed by atoms with van der Waals surface area (Å²) >= 11 is 1.66. The Balaban J connectivity index is 2.23. The van der Waals surface area contributed by atoms with Crippen LogP contribution in [-0.4, -0.2) is 11.4 Å². The fourth-order valence-corrected chi connectivity index (χ4v) is 2.61. The maximum absolute atomic E-state index is 10.6. The maximum atomic E-state index is 10.6. The first-order valence-electron chi connectivity index (χ1n) is 5.22. The van der Waals surface area contributed by atoms with Gasteiger partial charge < -0.3 is 10.3 Å². The van der Waals surface area contributed by atoms with Crippen molar-refractivity contribution in [2.24, 2.45) is 0 Å². The molecule has 0 saturated heterocycles. The summed E-state index contributed by atoms with van der Waals surface area (Å²) in [4.78, 5) is 13.7. The average Bonchev–Trinajstić information content (AvgIpc) is 3.00. The van der Waals surface area contributed by atoms with Gasteiger partial charge in [0.1, 0.15) is 0 Å². The number of benzene rings is 1. The number of amides is 1. The molecule has 3 nitrogen and oxygen atoms in total. The Kier molecular flexibility index (Phi) is 2.42. The van der Waals surface area contributed by atoms with E-state index in [1.54, 1.807) is 11.3 Å². The van der Waals surface area contributed by atoms with Crippen molar-refractivity contribution in [3.8, 4) is 11.1 Å². The normalized spacial score (nSPS) is 10.6. The summed E-state index contributed by atoms with van der Waals surface area (Å²) < 4.78 is 0. The zero-order chi connectivity index (χ0) is 11.7. The molecule has 0 spiro atoms. The molecule has 2 N–H and O–H groups in total. The smallest absolute Gasteiger partial charge is 0.211 e. The molecule has 0 unspecified atom stereocenters. The SMILES string of the molecule is O=CNc1cc(-c2ccsc2)cc2cc[nH]c12. The Morgan fingerprint density at radius 2 is 2.18 bits per heavy atom. The summed E-state index contributed by atoms with van der Waals surface area (Å²) in [6.07, 6.45) is 2.57. The fraction of sp³-hybridized carbons (Fsp3) is 0. The van der Waals surface area contributed by atoms with E-state index in [0.29, 0.717) is 6.41 Å². The molecule has 0 bridgehead atoms. The predicted octanol–water partition coefficient (Wildman–Crippen LogP) is 3.46. The van der Waals surface area contributed by atoms with E-state index < -0.39 is 0 Å². The Morgan fingerprint density at radius 3 is 2.94 bits per heavy atom. The second-order valence-corrected chi connectivity index (χ2v) is 4.52. The molecule has 2 aromatic heterocycles. The van der Waals surface area contributed by atoms with Crippen LogP contribution in [0.25, 0.3) is 22.0 Å². The van der Waals surface area contributed by atoms with Crippen LogP contribution in [0.15, 0.2) is 41.2 Å². The van der Waals surface area contributed by atoms with Gasteiger partial charge >= 0.3 is 0 Å². The molecule has 4 heteroatoms. The average molecular weight is 242 g/mol. The van der Waals surface area contributed by atoms with E-state index in [-0.39, 0.29) is 0 Å². The van der Waals surface area contributed by atoms with Crippen molar-refractivity contribution in [1.82, 2.24) is 4.98 Å². The van der Waals surface area contributed by atoms with Crippen molar-refractivity contribution in [2.75, 3.05) is 5.32 Å². The lowest BCUT2D eigenvalue weighted by molar-refractivity contribution is -0.105. The number of rotatable bonds is 3. The summed E-state index contributed by atoms with van der Waals surface area (Å²) in [6, 6.07) is 8.17. The Bertz CT molecular complexity index is 655. The molecule has 0 fully saturated rings. The summed E-state index contributed by atoms with van der Waals surface area (Å²) in [5.41, 5.74) is 4.05. The van der Waals surface area contributed by atoms with E-state index in [1.165, 1.54) is 5.56 Å². The standard InChI is InChI=1S/C13H10N2OS/c16-8-15-12-6-11(10-2-4-17-7-10)5-9-1-3-14-13(9)12/h1-8,14H,(H,15,16). The molecule has 0 aliphatic carbocycles. The van der Waals surface area contributed by atoms with Gasteiger partial charge in [0, 0.05) is 11.6 Å². The molecular weight excluding hydrogens is 232 g/mol. The number of carbonyl (C=O) groups excluding carboxylic acids is 1. The lowest BCUT2D eigenvalue weighted by Gasteiger charge is -2.05. The monoisotopic (exact) mass is 242 g/mol. The van der Waals surface area contributed by atoms with Crippen LogP contribution in [0.5, 0.6) is 0 Å². The third kappa shape index (κ3) is 1.72. The molecule has 1 amide bonds. The first kappa shape index (κ1) is 10.1. The number of hydrogen-bond acceptors (Lipinski definition) is 2. The zero-order valence-corrected chi connectivity index (χ0v) is 9.75. The number of nitrogens with one attached hydrogen (secondary N) is 2. The minimum Gasteiger partial charge on any atom is -0.359 e. The Labute approximate surface area is 102 Å². The van der Waals surface area contributed by atoms with Gasteiger partial charge in [0.25, 0.3) is 0 Å². The number of carbonyl (C=O) groups is 1. The third-order valence-electron chi connectivity index (χ3n) is 2.73. The van der Waals surface area contributed by atoms with Crippen molar-refractivity contribution in [3.63, 3.8) is 0 Å². The minimum absolute atomic E-state index is 0.701. The van der Waals surface area contributed by atoms with E-state index in [9.17, 15) is 4.79 Å². The van der Waals surface area contributed by atoms with Gasteiger partial charge in [0.15, 0.2) is 0 Å².